The Kier molecular flexibility index (Phi) is 7.31. The molecule has 1 heterocycles. The third-order valence-electron chi connectivity index (χ3n) is 6.12. The van der Waals surface area contributed by atoms with E-state index >= 15 is 0 Å². The molecule has 1 fully saturated rings. The summed E-state index contributed by atoms with van der Waals surface area (Å²) in [4.78, 5) is 16.9. The fourth-order valence-corrected chi connectivity index (χ4v) is 5.44. The van der Waals surface area contributed by atoms with Crippen LogP contribution in [0.25, 0.3) is 0 Å². The number of ether oxygens (including phenoxy) is 1. The van der Waals surface area contributed by atoms with E-state index in [1.807, 2.05) is 54.6 Å². The van der Waals surface area contributed by atoms with Gasteiger partial charge in [0.15, 0.2) is 0 Å². The van der Waals surface area contributed by atoms with Gasteiger partial charge in [-0.2, -0.15) is 5.26 Å². The number of rotatable bonds is 7. The maximum atomic E-state index is 12.6. The third-order valence-corrected chi connectivity index (χ3v) is 7.31. The van der Waals surface area contributed by atoms with Crippen LogP contribution in [-0.4, -0.2) is 36.9 Å². The van der Waals surface area contributed by atoms with Crippen LogP contribution in [0.2, 0.25) is 0 Å². The lowest BCUT2D eigenvalue weighted by molar-refractivity contribution is -0.145. The largest absolute Gasteiger partial charge is 0.469 e. The summed E-state index contributed by atoms with van der Waals surface area (Å²) in [6.07, 6.45) is 0. The molecule has 3 aromatic rings. The van der Waals surface area contributed by atoms with Crippen molar-refractivity contribution in [2.75, 3.05) is 20.2 Å². The predicted octanol–water partition coefficient (Wildman–Crippen LogP) is 4.38. The Balaban J connectivity index is 1.58. The van der Waals surface area contributed by atoms with Gasteiger partial charge in [-0.05, 0) is 35.4 Å². The van der Waals surface area contributed by atoms with E-state index in [4.69, 9.17) is 15.9 Å². The Morgan fingerprint density at radius 1 is 1.12 bits per heavy atom. The summed E-state index contributed by atoms with van der Waals surface area (Å²) in [6.45, 7) is 1.94. The van der Waals surface area contributed by atoms with Crippen LogP contribution in [-0.2, 0) is 16.1 Å². The van der Waals surface area contributed by atoms with Crippen molar-refractivity contribution in [3.8, 4) is 6.07 Å². The second-order valence-electron chi connectivity index (χ2n) is 8.29. The number of nitriles is 1. The van der Waals surface area contributed by atoms with E-state index in [2.05, 4.69) is 23.1 Å². The van der Waals surface area contributed by atoms with Crippen molar-refractivity contribution < 1.29 is 9.53 Å². The number of nitrogens with zero attached hydrogens (tertiary/aromatic N) is 2. The second-order valence-corrected chi connectivity index (χ2v) is 9.37. The summed E-state index contributed by atoms with van der Waals surface area (Å²) in [7, 11) is 1.42. The summed E-state index contributed by atoms with van der Waals surface area (Å²) >= 11 is 1.58. The van der Waals surface area contributed by atoms with Gasteiger partial charge >= 0.3 is 5.97 Å². The first kappa shape index (κ1) is 23.6. The minimum atomic E-state index is -0.300. The monoisotopic (exact) mass is 470 g/mol. The van der Waals surface area contributed by atoms with Gasteiger partial charge < -0.3 is 10.5 Å². The van der Waals surface area contributed by atoms with Crippen molar-refractivity contribution in [1.82, 2.24) is 4.90 Å². The summed E-state index contributed by atoms with van der Waals surface area (Å²) in [5, 5.41) is 17.2. The number of amidine groups is 1. The normalized spacial score (nSPS) is 17.8. The minimum Gasteiger partial charge on any atom is -0.469 e. The fourth-order valence-electron chi connectivity index (χ4n) is 4.42. The van der Waals surface area contributed by atoms with Gasteiger partial charge in [0.05, 0.1) is 18.6 Å². The zero-order valence-corrected chi connectivity index (χ0v) is 19.7. The SMILES string of the molecule is COC(=O)C1CN(Cc2ccccc2Sc2ccccc2C#N)CC1c1cccc(C(=N)N)c1. The Morgan fingerprint density at radius 2 is 1.85 bits per heavy atom. The molecule has 1 aliphatic rings. The average molecular weight is 471 g/mol. The smallest absolute Gasteiger partial charge is 0.310 e. The second kappa shape index (κ2) is 10.6. The first-order chi connectivity index (χ1) is 16.5. The molecule has 0 aromatic heterocycles. The number of nitrogens with one attached hydrogen (secondary N) is 1. The summed E-state index contributed by atoms with van der Waals surface area (Å²) < 4.78 is 5.12. The molecule has 0 bridgehead atoms. The van der Waals surface area contributed by atoms with Gasteiger partial charge in [-0.25, -0.2) is 0 Å². The maximum Gasteiger partial charge on any atom is 0.310 e. The van der Waals surface area contributed by atoms with E-state index in [0.29, 0.717) is 30.8 Å². The molecule has 0 spiro atoms. The van der Waals surface area contributed by atoms with E-state index in [0.717, 1.165) is 20.9 Å². The highest BCUT2D eigenvalue weighted by Gasteiger charge is 2.39. The van der Waals surface area contributed by atoms with Crippen molar-refractivity contribution in [1.29, 1.82) is 10.7 Å². The Morgan fingerprint density at radius 3 is 2.59 bits per heavy atom. The van der Waals surface area contributed by atoms with Gasteiger partial charge in [0.1, 0.15) is 11.9 Å². The molecule has 3 aromatic carbocycles. The number of carbonyl (C=O) groups excluding carboxylic acids is 1. The molecule has 7 heteroatoms. The van der Waals surface area contributed by atoms with Crippen LogP contribution >= 0.6 is 11.8 Å². The summed E-state index contributed by atoms with van der Waals surface area (Å²) in [6, 6.07) is 25.6. The molecular formula is C27H26N4O2S. The van der Waals surface area contributed by atoms with Gasteiger partial charge in [-0.1, -0.05) is 60.3 Å². The van der Waals surface area contributed by atoms with E-state index in [-0.39, 0.29) is 23.6 Å². The molecular weight excluding hydrogens is 444 g/mol. The molecule has 0 saturated carbocycles. The third kappa shape index (κ3) is 5.14. The summed E-state index contributed by atoms with van der Waals surface area (Å²) in [5.41, 5.74) is 9.12. The molecule has 0 amide bonds. The van der Waals surface area contributed by atoms with Crippen LogP contribution in [0.5, 0.6) is 0 Å². The number of benzene rings is 3. The van der Waals surface area contributed by atoms with Crippen LogP contribution in [0.15, 0.2) is 82.6 Å². The zero-order valence-electron chi connectivity index (χ0n) is 18.9. The van der Waals surface area contributed by atoms with Crippen LogP contribution in [0.3, 0.4) is 0 Å². The summed E-state index contributed by atoms with van der Waals surface area (Å²) in [5.74, 6) is -0.571. The predicted molar refractivity (Wildman–Crippen MR) is 133 cm³/mol. The average Bonchev–Trinajstić information content (AvgIpc) is 3.29. The van der Waals surface area contributed by atoms with Crippen LogP contribution in [0.4, 0.5) is 0 Å². The van der Waals surface area contributed by atoms with Gasteiger partial charge in [0, 0.05) is 40.9 Å². The first-order valence-corrected chi connectivity index (χ1v) is 11.8. The molecule has 34 heavy (non-hydrogen) atoms. The minimum absolute atomic E-state index is 0.00919. The first-order valence-electron chi connectivity index (χ1n) is 11.0. The fraction of sp³-hybridized carbons (Fsp3) is 0.222. The Bertz CT molecular complexity index is 1250. The quantitative estimate of drug-likeness (QED) is 0.302. The molecule has 1 saturated heterocycles. The number of nitrogens with two attached hydrogens (primary N) is 1. The number of methoxy groups -OCH3 is 1. The highest BCUT2D eigenvalue weighted by atomic mass is 32.2. The molecule has 2 unspecified atom stereocenters. The molecule has 3 N–H and O–H groups in total. The maximum absolute atomic E-state index is 12.6. The number of carbonyl (C=O) groups is 1. The van der Waals surface area contributed by atoms with Crippen molar-refractivity contribution in [2.24, 2.45) is 11.7 Å². The van der Waals surface area contributed by atoms with Gasteiger partial charge in [0.2, 0.25) is 0 Å². The molecule has 4 rings (SSSR count). The Hall–Kier alpha value is -3.60. The van der Waals surface area contributed by atoms with E-state index in [1.54, 1.807) is 17.8 Å². The number of hydrogen-bond acceptors (Lipinski definition) is 6. The number of hydrogen-bond donors (Lipinski definition) is 2. The lowest BCUT2D eigenvalue weighted by Gasteiger charge is -2.19. The van der Waals surface area contributed by atoms with E-state index in [1.165, 1.54) is 7.11 Å². The molecule has 0 radical (unpaired) electrons. The van der Waals surface area contributed by atoms with Crippen molar-refractivity contribution in [3.05, 3.63) is 95.1 Å². The van der Waals surface area contributed by atoms with Crippen LogP contribution in [0, 0.1) is 22.7 Å². The van der Waals surface area contributed by atoms with Crippen LogP contribution in [0.1, 0.15) is 28.2 Å². The van der Waals surface area contributed by atoms with Gasteiger partial charge in [0.25, 0.3) is 0 Å². The zero-order chi connectivity index (χ0) is 24.1. The Labute approximate surface area is 203 Å². The molecule has 2 atom stereocenters. The topological polar surface area (TPSA) is 103 Å². The highest BCUT2D eigenvalue weighted by Crippen LogP contribution is 2.37. The lowest BCUT2D eigenvalue weighted by atomic mass is 9.88. The lowest BCUT2D eigenvalue weighted by Crippen LogP contribution is -2.24. The number of nitrogen functional groups attached to an aromatic ring is 1. The van der Waals surface area contributed by atoms with E-state index < -0.39 is 0 Å². The molecule has 172 valence electrons. The van der Waals surface area contributed by atoms with Crippen LogP contribution < -0.4 is 5.73 Å². The standard InChI is InChI=1S/C27H26N4O2S/c1-33-27(32)23-17-31(16-22(23)18-9-6-10-19(13-18)26(29)30)15-21-8-3-5-12-25(21)34-24-11-4-2-7-20(24)14-28/h2-13,22-23H,15-17H2,1H3,(H3,29,30). The number of likely N-dealkylation sites (tertiary alicyclic amines) is 1. The highest BCUT2D eigenvalue weighted by molar-refractivity contribution is 7.99. The van der Waals surface area contributed by atoms with Crippen molar-refractivity contribution in [2.45, 2.75) is 22.3 Å². The van der Waals surface area contributed by atoms with E-state index in [9.17, 15) is 10.1 Å². The molecule has 0 aliphatic carbocycles. The molecule has 6 nitrogen and oxygen atoms in total. The number of esters is 1. The van der Waals surface area contributed by atoms with Crippen molar-refractivity contribution >= 4 is 23.6 Å². The van der Waals surface area contributed by atoms with Crippen molar-refractivity contribution in [3.63, 3.8) is 0 Å². The van der Waals surface area contributed by atoms with Gasteiger partial charge in [-0.3, -0.25) is 15.1 Å². The molecule has 1 aliphatic heterocycles. The van der Waals surface area contributed by atoms with Gasteiger partial charge in [-0.15, -0.1) is 0 Å².